The highest BCUT2D eigenvalue weighted by atomic mass is 19.1. The number of halogens is 1. The third kappa shape index (κ3) is 3.95. The van der Waals surface area contributed by atoms with Gasteiger partial charge in [-0.25, -0.2) is 14.4 Å². The molecule has 2 aromatic carbocycles. The van der Waals surface area contributed by atoms with Gasteiger partial charge in [0.25, 0.3) is 0 Å². The van der Waals surface area contributed by atoms with Crippen LogP contribution in [0.2, 0.25) is 0 Å². The average Bonchev–Trinajstić information content (AvgIpc) is 3.45. The van der Waals surface area contributed by atoms with E-state index in [1.54, 1.807) is 24.7 Å². The fourth-order valence-electron chi connectivity index (χ4n) is 5.05. The highest BCUT2D eigenvalue weighted by molar-refractivity contribution is 5.74. The molecule has 2 fully saturated rings. The van der Waals surface area contributed by atoms with Crippen LogP contribution in [-0.2, 0) is 0 Å². The number of ether oxygens (including phenoxy) is 1. The Balaban J connectivity index is 1.50. The molecule has 0 amide bonds. The molecule has 1 aromatic heterocycles. The monoisotopic (exact) mass is 432 g/mol. The molecule has 0 aliphatic carbocycles. The van der Waals surface area contributed by atoms with Gasteiger partial charge in [-0.05, 0) is 54.6 Å². The van der Waals surface area contributed by atoms with Gasteiger partial charge in [0, 0.05) is 30.6 Å². The summed E-state index contributed by atoms with van der Waals surface area (Å²) >= 11 is 0. The van der Waals surface area contributed by atoms with Crippen molar-refractivity contribution in [1.29, 1.82) is 0 Å². The van der Waals surface area contributed by atoms with Gasteiger partial charge in [-0.3, -0.25) is 0 Å². The second kappa shape index (κ2) is 8.51. The van der Waals surface area contributed by atoms with E-state index < -0.39 is 0 Å². The molecule has 3 aromatic rings. The first kappa shape index (κ1) is 20.9. The van der Waals surface area contributed by atoms with Crippen LogP contribution in [0.15, 0.2) is 55.0 Å². The summed E-state index contributed by atoms with van der Waals surface area (Å²) in [6.45, 7) is 8.32. The Labute approximate surface area is 188 Å². The zero-order valence-electron chi connectivity index (χ0n) is 18.6. The van der Waals surface area contributed by atoms with Crippen LogP contribution in [0.4, 0.5) is 10.2 Å². The molecule has 6 heteroatoms. The van der Waals surface area contributed by atoms with E-state index in [4.69, 9.17) is 4.74 Å². The van der Waals surface area contributed by atoms with E-state index in [0.29, 0.717) is 22.8 Å². The summed E-state index contributed by atoms with van der Waals surface area (Å²) in [5.41, 5.74) is 3.19. The van der Waals surface area contributed by atoms with Crippen LogP contribution in [0.5, 0.6) is 11.5 Å². The van der Waals surface area contributed by atoms with Gasteiger partial charge in [0.15, 0.2) is 11.6 Å². The van der Waals surface area contributed by atoms with Crippen molar-refractivity contribution in [1.82, 2.24) is 15.3 Å². The predicted molar refractivity (Wildman–Crippen MR) is 125 cm³/mol. The van der Waals surface area contributed by atoms with E-state index in [0.717, 1.165) is 55.1 Å². The van der Waals surface area contributed by atoms with Gasteiger partial charge in [0.1, 0.15) is 17.9 Å². The van der Waals surface area contributed by atoms with Gasteiger partial charge in [-0.1, -0.05) is 38.1 Å². The minimum absolute atomic E-state index is 0.286. The van der Waals surface area contributed by atoms with Gasteiger partial charge in [-0.2, -0.15) is 0 Å². The van der Waals surface area contributed by atoms with E-state index in [-0.39, 0.29) is 5.82 Å². The van der Waals surface area contributed by atoms with Crippen LogP contribution in [0, 0.1) is 11.2 Å². The second-order valence-corrected chi connectivity index (χ2v) is 9.29. The third-order valence-corrected chi connectivity index (χ3v) is 6.76. The molecule has 0 saturated carbocycles. The highest BCUT2D eigenvalue weighted by Gasteiger charge is 2.41. The smallest absolute Gasteiger partial charge is 0.188 e. The average molecular weight is 433 g/mol. The van der Waals surface area contributed by atoms with Crippen LogP contribution in [0.25, 0.3) is 11.1 Å². The van der Waals surface area contributed by atoms with Gasteiger partial charge < -0.3 is 15.0 Å². The molecule has 2 aliphatic heterocycles. The second-order valence-electron chi connectivity index (χ2n) is 9.29. The maximum atomic E-state index is 14.3. The number of nitrogens with one attached hydrogen (secondary N) is 1. The molecule has 1 atom stereocenters. The molecule has 0 bridgehead atoms. The topological polar surface area (TPSA) is 50.3 Å². The molecule has 5 nitrogen and oxygen atoms in total. The lowest BCUT2D eigenvalue weighted by Gasteiger charge is -2.24. The van der Waals surface area contributed by atoms with Gasteiger partial charge in [0.05, 0.1) is 6.20 Å². The van der Waals surface area contributed by atoms with Gasteiger partial charge in [0.2, 0.25) is 0 Å². The molecule has 166 valence electrons. The van der Waals surface area contributed by atoms with Crippen LogP contribution < -0.4 is 15.0 Å². The fraction of sp³-hybridized carbons (Fsp3) is 0.385. The summed E-state index contributed by atoms with van der Waals surface area (Å²) in [6.07, 6.45) is 5.62. The quantitative estimate of drug-likeness (QED) is 0.586. The Morgan fingerprint density at radius 3 is 2.78 bits per heavy atom. The van der Waals surface area contributed by atoms with E-state index in [2.05, 4.69) is 40.1 Å². The minimum Gasteiger partial charge on any atom is -0.451 e. The lowest BCUT2D eigenvalue weighted by Crippen LogP contribution is -2.29. The lowest BCUT2D eigenvalue weighted by atomic mass is 9.87. The van der Waals surface area contributed by atoms with Crippen molar-refractivity contribution in [3.05, 3.63) is 66.4 Å². The van der Waals surface area contributed by atoms with Crippen molar-refractivity contribution < 1.29 is 9.13 Å². The number of hydrogen-bond acceptors (Lipinski definition) is 5. The van der Waals surface area contributed by atoms with E-state index in [9.17, 15) is 4.39 Å². The summed E-state index contributed by atoms with van der Waals surface area (Å²) in [4.78, 5) is 11.1. The Kier molecular flexibility index (Phi) is 5.55. The zero-order chi connectivity index (χ0) is 22.1. The lowest BCUT2D eigenvalue weighted by molar-refractivity contribution is 0.369. The highest BCUT2D eigenvalue weighted by Crippen LogP contribution is 2.43. The first-order valence-electron chi connectivity index (χ1n) is 11.4. The first-order chi connectivity index (χ1) is 15.5. The molecule has 1 N–H and O–H groups in total. The van der Waals surface area contributed by atoms with Crippen molar-refractivity contribution in [3.63, 3.8) is 0 Å². The zero-order valence-corrected chi connectivity index (χ0v) is 18.6. The van der Waals surface area contributed by atoms with Crippen LogP contribution in [0.1, 0.15) is 38.2 Å². The molecule has 2 saturated heterocycles. The molecule has 5 rings (SSSR count). The molecule has 1 unspecified atom stereocenters. The predicted octanol–water partition coefficient (Wildman–Crippen LogP) is 5.39. The summed E-state index contributed by atoms with van der Waals surface area (Å²) < 4.78 is 20.7. The number of rotatable bonds is 5. The summed E-state index contributed by atoms with van der Waals surface area (Å²) in [6, 6.07) is 12.8. The van der Waals surface area contributed by atoms with Crippen molar-refractivity contribution in [3.8, 4) is 22.6 Å². The van der Waals surface area contributed by atoms with Crippen molar-refractivity contribution >= 4 is 5.82 Å². The van der Waals surface area contributed by atoms with Crippen LogP contribution in [-0.4, -0.2) is 36.1 Å². The Hall–Kier alpha value is -2.99. The van der Waals surface area contributed by atoms with Crippen molar-refractivity contribution in [2.45, 2.75) is 32.6 Å². The number of benzene rings is 2. The third-order valence-electron chi connectivity index (χ3n) is 6.76. The maximum absolute atomic E-state index is 14.3. The first-order valence-corrected chi connectivity index (χ1v) is 11.4. The SMILES string of the molecule is CC(C)c1ccccc1-c1cc(F)ccc1Oc1cncnc1N1CCC2(CCNC2)C1. The normalized spacial score (nSPS) is 20.4. The largest absolute Gasteiger partial charge is 0.451 e. The number of nitrogens with zero attached hydrogens (tertiary/aromatic N) is 3. The van der Waals surface area contributed by atoms with Crippen molar-refractivity contribution in [2.24, 2.45) is 5.41 Å². The number of anilines is 1. The molecular formula is C26H29FN4O. The van der Waals surface area contributed by atoms with Crippen molar-refractivity contribution in [2.75, 3.05) is 31.1 Å². The van der Waals surface area contributed by atoms with Crippen LogP contribution in [0.3, 0.4) is 0 Å². The molecule has 2 aliphatic rings. The van der Waals surface area contributed by atoms with E-state index in [1.165, 1.54) is 12.5 Å². The van der Waals surface area contributed by atoms with Gasteiger partial charge in [-0.15, -0.1) is 0 Å². The van der Waals surface area contributed by atoms with E-state index in [1.807, 2.05) is 18.2 Å². The summed E-state index contributed by atoms with van der Waals surface area (Å²) in [5, 5.41) is 3.50. The maximum Gasteiger partial charge on any atom is 0.188 e. The minimum atomic E-state index is -0.286. The summed E-state index contributed by atoms with van der Waals surface area (Å²) in [7, 11) is 0. The number of aromatic nitrogens is 2. The molecule has 32 heavy (non-hydrogen) atoms. The molecular weight excluding hydrogens is 403 g/mol. The molecule has 1 spiro atoms. The van der Waals surface area contributed by atoms with Crippen LogP contribution >= 0.6 is 0 Å². The Bertz CT molecular complexity index is 1110. The summed E-state index contributed by atoms with van der Waals surface area (Å²) in [5.74, 6) is 2.03. The Morgan fingerprint density at radius 2 is 1.97 bits per heavy atom. The van der Waals surface area contributed by atoms with Gasteiger partial charge >= 0.3 is 0 Å². The molecule has 3 heterocycles. The standard InChI is InChI=1S/C26H29FN4O/c1-18(2)20-5-3-4-6-21(20)22-13-19(27)7-8-23(22)32-24-14-29-17-30-25(24)31-12-10-26(16-31)9-11-28-15-26/h3-8,13-14,17-18,28H,9-12,15-16H2,1-2H3. The molecule has 0 radical (unpaired) electrons. The Morgan fingerprint density at radius 1 is 1.09 bits per heavy atom. The fourth-order valence-corrected chi connectivity index (χ4v) is 5.05. The number of hydrogen-bond donors (Lipinski definition) is 1. The van der Waals surface area contributed by atoms with E-state index >= 15 is 0 Å².